The fourth-order valence-electron chi connectivity index (χ4n) is 7.83. The van der Waals surface area contributed by atoms with Gasteiger partial charge in [-0.2, -0.15) is 0 Å². The number of hydrogen-bond acceptors (Lipinski definition) is 2. The Morgan fingerprint density at radius 2 is 0.837 bits per heavy atom. The molecule has 1 aliphatic heterocycles. The summed E-state index contributed by atoms with van der Waals surface area (Å²) < 4.78 is 30.5. The van der Waals surface area contributed by atoms with Crippen LogP contribution in [0.3, 0.4) is 0 Å². The standard InChI is InChI=1S/C43H44F2N2P2/c1-28-14-18-36-40(22-28)48(6,34-12-8-10-32(44)26-34)42-24-30(3)16-20-38(42)47(5)39-21-17-31(4)25-43(39)49(7,35-13-9-11-33(45)27-35)41-23-29(2)15-19-37(41)46-36/h8-27,46,48-49H,1-7H3. The summed E-state index contributed by atoms with van der Waals surface area (Å²) >= 11 is 0. The third-order valence-electron chi connectivity index (χ3n) is 10.6. The summed E-state index contributed by atoms with van der Waals surface area (Å²) in [5, 5.41) is 10.8. The molecular weight excluding hydrogens is 644 g/mol. The molecule has 0 aromatic heterocycles. The molecule has 0 unspecified atom stereocenters. The van der Waals surface area contributed by atoms with Crippen LogP contribution in [-0.2, 0) is 0 Å². The molecule has 6 aromatic rings. The van der Waals surface area contributed by atoms with Crippen LogP contribution in [0.15, 0.2) is 121 Å². The summed E-state index contributed by atoms with van der Waals surface area (Å²) in [5.74, 6) is -0.471. The maximum atomic E-state index is 15.2. The third-order valence-corrected chi connectivity index (χ3v) is 19.5. The first-order chi connectivity index (χ1) is 23.4. The Morgan fingerprint density at radius 1 is 0.469 bits per heavy atom. The van der Waals surface area contributed by atoms with E-state index in [0.29, 0.717) is 0 Å². The van der Waals surface area contributed by atoms with Gasteiger partial charge >= 0.3 is 291 Å². The predicted octanol–water partition coefficient (Wildman–Crippen LogP) is 8.34. The number of nitrogens with one attached hydrogen (secondary N) is 1. The Balaban J connectivity index is 1.68. The Bertz CT molecular complexity index is 2090. The predicted molar refractivity (Wildman–Crippen MR) is 215 cm³/mol. The van der Waals surface area contributed by atoms with Crippen molar-refractivity contribution in [2.75, 3.05) is 30.6 Å². The second-order valence-corrected chi connectivity index (χ2v) is 21.9. The van der Waals surface area contributed by atoms with Crippen LogP contribution in [0.4, 0.5) is 31.5 Å². The topological polar surface area (TPSA) is 15.3 Å². The SMILES string of the molecule is Cc1ccc2c(c1)[PH](C)(c1cccc(F)c1)c1cc(C)ccc1N(C)c1ccc(C)cc1[PH](C)(c1cccc(F)c1)c1cc(C)ccc1N2. The van der Waals surface area contributed by atoms with Crippen LogP contribution < -0.4 is 42.0 Å². The van der Waals surface area contributed by atoms with Crippen LogP contribution >= 0.6 is 14.5 Å². The molecule has 0 fully saturated rings. The van der Waals surface area contributed by atoms with Crippen molar-refractivity contribution in [3.05, 3.63) is 155 Å². The molecule has 1 N–H and O–H groups in total. The molecule has 0 spiro atoms. The van der Waals surface area contributed by atoms with Gasteiger partial charge in [-0.15, -0.1) is 0 Å². The summed E-state index contributed by atoms with van der Waals surface area (Å²) in [6, 6.07) is 41.1. The van der Waals surface area contributed by atoms with Crippen molar-refractivity contribution in [3.63, 3.8) is 0 Å². The number of aryl methyl sites for hydroxylation is 4. The van der Waals surface area contributed by atoms with Crippen LogP contribution in [0.1, 0.15) is 22.3 Å². The Kier molecular flexibility index (Phi) is 8.46. The summed E-state index contributed by atoms with van der Waals surface area (Å²) in [4.78, 5) is 2.33. The molecule has 7 rings (SSSR count). The zero-order chi connectivity index (χ0) is 34.7. The van der Waals surface area contributed by atoms with Crippen molar-refractivity contribution in [3.8, 4) is 0 Å². The second kappa shape index (κ2) is 12.5. The van der Waals surface area contributed by atoms with E-state index >= 15 is 8.78 Å². The van der Waals surface area contributed by atoms with Gasteiger partial charge in [-0.05, 0) is 0 Å². The minimum atomic E-state index is -2.92. The number of anilines is 4. The fraction of sp³-hybridized carbons (Fsp3) is 0.163. The number of nitrogens with zero attached hydrogens (tertiary/aromatic N) is 1. The molecule has 2 nitrogen and oxygen atoms in total. The Labute approximate surface area is 290 Å². The molecule has 6 heteroatoms. The Hall–Kier alpha value is -4.36. The number of benzene rings is 6. The first-order valence-electron chi connectivity index (χ1n) is 16.9. The van der Waals surface area contributed by atoms with E-state index in [-0.39, 0.29) is 11.6 Å². The maximum absolute atomic E-state index is 15.2. The molecule has 0 amide bonds. The average Bonchev–Trinajstić information content (AvgIpc) is 3.08. The van der Waals surface area contributed by atoms with E-state index in [9.17, 15) is 0 Å². The van der Waals surface area contributed by atoms with Crippen LogP contribution in [0.5, 0.6) is 0 Å². The molecule has 0 saturated heterocycles. The van der Waals surface area contributed by atoms with Crippen molar-refractivity contribution in [2.45, 2.75) is 27.7 Å². The Morgan fingerprint density at radius 3 is 1.22 bits per heavy atom. The normalized spacial score (nSPS) is 16.0. The monoisotopic (exact) mass is 688 g/mol. The van der Waals surface area contributed by atoms with E-state index in [1.807, 2.05) is 12.1 Å². The van der Waals surface area contributed by atoms with Gasteiger partial charge in [0, 0.05) is 0 Å². The zero-order valence-corrected chi connectivity index (χ0v) is 31.3. The molecule has 1 heterocycles. The van der Waals surface area contributed by atoms with Gasteiger partial charge in [0.05, 0.1) is 0 Å². The van der Waals surface area contributed by atoms with Gasteiger partial charge in [-0.1, -0.05) is 0 Å². The van der Waals surface area contributed by atoms with Gasteiger partial charge in [0.25, 0.3) is 0 Å². The summed E-state index contributed by atoms with van der Waals surface area (Å²) in [5.41, 5.74) is 8.78. The third kappa shape index (κ3) is 5.66. The molecule has 0 atom stereocenters. The number of rotatable bonds is 2. The van der Waals surface area contributed by atoms with Crippen LogP contribution in [0.25, 0.3) is 0 Å². The van der Waals surface area contributed by atoms with Gasteiger partial charge in [-0.3, -0.25) is 0 Å². The molecule has 0 aliphatic carbocycles. The van der Waals surface area contributed by atoms with Gasteiger partial charge in [0.1, 0.15) is 0 Å². The minimum absolute atomic E-state index is 0.236. The van der Waals surface area contributed by atoms with E-state index in [0.717, 1.165) is 55.6 Å². The van der Waals surface area contributed by atoms with Crippen molar-refractivity contribution >= 4 is 69.1 Å². The molecule has 6 aromatic carbocycles. The fourth-order valence-corrected chi connectivity index (χ4v) is 16.3. The van der Waals surface area contributed by atoms with E-state index in [2.05, 4.69) is 143 Å². The first-order valence-corrected chi connectivity index (χ1v) is 21.9. The molecular formula is C43H44F2N2P2. The molecule has 0 bridgehead atoms. The van der Waals surface area contributed by atoms with Crippen molar-refractivity contribution < 1.29 is 8.78 Å². The summed E-state index contributed by atoms with van der Waals surface area (Å²) in [7, 11) is -3.69. The number of fused-ring (bicyclic) bond motifs is 4. The molecule has 49 heavy (non-hydrogen) atoms. The van der Waals surface area contributed by atoms with Gasteiger partial charge in [0.15, 0.2) is 0 Å². The van der Waals surface area contributed by atoms with E-state index in [4.69, 9.17) is 0 Å². The quantitative estimate of drug-likeness (QED) is 0.184. The molecule has 0 saturated carbocycles. The van der Waals surface area contributed by atoms with E-state index < -0.39 is 14.5 Å². The van der Waals surface area contributed by atoms with Crippen LogP contribution in [-0.4, -0.2) is 20.4 Å². The van der Waals surface area contributed by atoms with Crippen molar-refractivity contribution in [2.24, 2.45) is 0 Å². The molecule has 0 radical (unpaired) electrons. The molecule has 1 aliphatic rings. The van der Waals surface area contributed by atoms with Gasteiger partial charge < -0.3 is 0 Å². The molecule has 250 valence electrons. The number of hydrogen-bond donors (Lipinski definition) is 1. The second-order valence-electron chi connectivity index (χ2n) is 14.1. The van der Waals surface area contributed by atoms with E-state index in [1.165, 1.54) is 33.4 Å². The van der Waals surface area contributed by atoms with E-state index in [1.54, 1.807) is 12.1 Å². The summed E-state index contributed by atoms with van der Waals surface area (Å²) in [6.45, 7) is 13.2. The van der Waals surface area contributed by atoms with Gasteiger partial charge in [0.2, 0.25) is 0 Å². The zero-order valence-electron chi connectivity index (χ0n) is 29.3. The van der Waals surface area contributed by atoms with Crippen LogP contribution in [0, 0.1) is 39.3 Å². The van der Waals surface area contributed by atoms with Crippen molar-refractivity contribution in [1.82, 2.24) is 0 Å². The first kappa shape index (κ1) is 33.2. The van der Waals surface area contributed by atoms with Crippen molar-refractivity contribution in [1.29, 1.82) is 0 Å². The number of halogens is 2. The summed E-state index contributed by atoms with van der Waals surface area (Å²) in [6.07, 6.45) is 0. The average molecular weight is 689 g/mol. The van der Waals surface area contributed by atoms with Crippen LogP contribution in [0.2, 0.25) is 0 Å². The van der Waals surface area contributed by atoms with Gasteiger partial charge in [-0.25, -0.2) is 0 Å².